The number of imidazole rings is 1. The first-order valence-corrected chi connectivity index (χ1v) is 14.3. The number of aromatic hydroxyl groups is 1. The normalized spacial score (nSPS) is 15.2. The van der Waals surface area contributed by atoms with Crippen LogP contribution in [-0.2, 0) is 12.6 Å². The third kappa shape index (κ3) is 5.18. The van der Waals surface area contributed by atoms with Crippen molar-refractivity contribution in [3.8, 4) is 17.1 Å². The zero-order chi connectivity index (χ0) is 30.4. The first kappa shape index (κ1) is 27.7. The highest BCUT2D eigenvalue weighted by Crippen LogP contribution is 2.37. The zero-order valence-electron chi connectivity index (χ0n) is 23.3. The molecule has 4 aromatic heterocycles. The van der Waals surface area contributed by atoms with E-state index in [0.29, 0.717) is 22.0 Å². The van der Waals surface area contributed by atoms with Crippen LogP contribution in [0, 0.1) is 0 Å². The highest BCUT2D eigenvalue weighted by Gasteiger charge is 2.39. The highest BCUT2D eigenvalue weighted by molar-refractivity contribution is 5.98. The van der Waals surface area contributed by atoms with Gasteiger partial charge in [-0.15, -0.1) is 0 Å². The highest BCUT2D eigenvalue weighted by atomic mass is 19.4. The fraction of sp³-hybridized carbons (Fsp3) is 0.290. The smallest absolute Gasteiger partial charge is 0.471 e. The number of phenolic OH excluding ortho intramolecular Hbond substituents is 1. The van der Waals surface area contributed by atoms with Gasteiger partial charge in [0.15, 0.2) is 5.82 Å². The number of alkyl halides is 3. The number of H-pyrrole nitrogens is 1. The predicted octanol–water partition coefficient (Wildman–Crippen LogP) is 7.10. The number of rotatable bonds is 7. The van der Waals surface area contributed by atoms with Gasteiger partial charge < -0.3 is 28.9 Å². The summed E-state index contributed by atoms with van der Waals surface area (Å²) in [4.78, 5) is 25.1. The molecule has 0 bridgehead atoms. The van der Waals surface area contributed by atoms with Crippen molar-refractivity contribution in [1.29, 1.82) is 0 Å². The number of hydrogen-bond acceptors (Lipinski definition) is 7. The van der Waals surface area contributed by atoms with E-state index < -0.39 is 24.0 Å². The van der Waals surface area contributed by atoms with Crippen LogP contribution in [0.15, 0.2) is 70.1 Å². The molecule has 226 valence electrons. The Hall–Kier alpha value is -5.07. The van der Waals surface area contributed by atoms with Crippen molar-refractivity contribution in [3.63, 3.8) is 0 Å². The van der Waals surface area contributed by atoms with Crippen LogP contribution in [0.2, 0.25) is 0 Å². The number of carbonyl (C=O) groups excluding carboxylic acids is 1. The Balaban J connectivity index is 1.23. The second-order valence-corrected chi connectivity index (χ2v) is 11.0. The molecule has 1 aliphatic carbocycles. The number of hydrogen-bond donors (Lipinski definition) is 3. The fourth-order valence-electron chi connectivity index (χ4n) is 6.04. The lowest BCUT2D eigenvalue weighted by molar-refractivity contribution is -0.159. The second kappa shape index (κ2) is 10.9. The van der Waals surface area contributed by atoms with Gasteiger partial charge >= 0.3 is 12.1 Å². The molecule has 1 aliphatic rings. The first-order valence-electron chi connectivity index (χ1n) is 14.3. The van der Waals surface area contributed by atoms with Crippen LogP contribution in [0.3, 0.4) is 0 Å². The summed E-state index contributed by atoms with van der Waals surface area (Å²) in [5.41, 5.74) is 3.94. The van der Waals surface area contributed by atoms with E-state index >= 15 is 0 Å². The van der Waals surface area contributed by atoms with Gasteiger partial charge in [0.05, 0.1) is 28.9 Å². The average Bonchev–Trinajstić information content (AvgIpc) is 3.82. The number of fused-ring (bicyclic) bond motifs is 2. The van der Waals surface area contributed by atoms with Gasteiger partial charge in [0.2, 0.25) is 0 Å². The van der Waals surface area contributed by atoms with Crippen LogP contribution < -0.4 is 5.32 Å². The van der Waals surface area contributed by atoms with Gasteiger partial charge in [0.25, 0.3) is 5.91 Å². The van der Waals surface area contributed by atoms with Gasteiger partial charge in [0, 0.05) is 35.1 Å². The molecule has 0 radical (unpaired) electrons. The number of carbonyl (C=O) groups is 1. The van der Waals surface area contributed by atoms with Gasteiger partial charge in [-0.3, -0.25) is 4.79 Å². The average molecular weight is 605 g/mol. The largest absolute Gasteiger partial charge is 0.508 e. The van der Waals surface area contributed by atoms with Crippen molar-refractivity contribution < 1.29 is 32.0 Å². The minimum Gasteiger partial charge on any atom is -0.508 e. The number of furan rings is 1. The predicted molar refractivity (Wildman–Crippen MR) is 153 cm³/mol. The number of amides is 1. The summed E-state index contributed by atoms with van der Waals surface area (Å²) in [6.07, 6.45) is 5.57. The Kier molecular flexibility index (Phi) is 6.87. The lowest BCUT2D eigenvalue weighted by atomic mass is 9.95. The van der Waals surface area contributed by atoms with Crippen molar-refractivity contribution in [2.45, 2.75) is 56.8 Å². The van der Waals surface area contributed by atoms with E-state index in [-0.39, 0.29) is 29.6 Å². The summed E-state index contributed by atoms with van der Waals surface area (Å²) in [6, 6.07) is 11.0. The van der Waals surface area contributed by atoms with Crippen molar-refractivity contribution >= 4 is 27.8 Å². The van der Waals surface area contributed by atoms with Crippen molar-refractivity contribution in [1.82, 2.24) is 30.0 Å². The van der Waals surface area contributed by atoms with Crippen LogP contribution in [0.25, 0.3) is 33.3 Å². The molecule has 7 rings (SSSR count). The molecule has 1 amide bonds. The number of aromatic nitrogens is 5. The quantitative estimate of drug-likeness (QED) is 0.177. The SMILES string of the molecule is O=C(N[C@@H](Cc1c[nH]c2ccc(O)cc12)c1noc(C(F)(F)F)n1)c1ccc2c(c1)nc(-c1ccoc1)n2C1CCCCC1. The van der Waals surface area contributed by atoms with E-state index in [1.54, 1.807) is 36.9 Å². The van der Waals surface area contributed by atoms with Crippen molar-refractivity contribution in [2.24, 2.45) is 0 Å². The topological polar surface area (TPSA) is 135 Å². The number of benzene rings is 2. The van der Waals surface area contributed by atoms with Crippen molar-refractivity contribution in [3.05, 3.63) is 84.0 Å². The number of nitrogens with one attached hydrogen (secondary N) is 2. The molecule has 13 heteroatoms. The molecule has 1 saturated carbocycles. The van der Waals surface area contributed by atoms with Crippen molar-refractivity contribution in [2.75, 3.05) is 0 Å². The Morgan fingerprint density at radius 3 is 2.70 bits per heavy atom. The number of halogens is 3. The van der Waals surface area contributed by atoms with E-state index in [4.69, 9.17) is 9.40 Å². The molecule has 1 atom stereocenters. The summed E-state index contributed by atoms with van der Waals surface area (Å²) < 4.78 is 52.0. The van der Waals surface area contributed by atoms with Gasteiger partial charge in [-0.1, -0.05) is 24.4 Å². The maximum absolute atomic E-state index is 13.6. The van der Waals surface area contributed by atoms with E-state index in [2.05, 4.69) is 29.5 Å². The Labute approximate surface area is 247 Å². The lowest BCUT2D eigenvalue weighted by Crippen LogP contribution is -2.31. The molecular formula is C31H27F3N6O4. The molecular weight excluding hydrogens is 577 g/mol. The van der Waals surface area contributed by atoms with Crippen LogP contribution in [0.4, 0.5) is 13.2 Å². The first-order chi connectivity index (χ1) is 21.2. The molecule has 0 aliphatic heterocycles. The molecule has 1 fully saturated rings. The molecule has 2 aromatic carbocycles. The molecule has 0 unspecified atom stereocenters. The van der Waals surface area contributed by atoms with E-state index in [0.717, 1.165) is 42.6 Å². The molecule has 0 saturated heterocycles. The molecule has 3 N–H and O–H groups in total. The lowest BCUT2D eigenvalue weighted by Gasteiger charge is -2.25. The molecule has 0 spiro atoms. The summed E-state index contributed by atoms with van der Waals surface area (Å²) in [7, 11) is 0. The zero-order valence-corrected chi connectivity index (χ0v) is 23.3. The number of phenols is 1. The third-order valence-electron chi connectivity index (χ3n) is 8.15. The summed E-state index contributed by atoms with van der Waals surface area (Å²) >= 11 is 0. The third-order valence-corrected chi connectivity index (χ3v) is 8.15. The molecule has 44 heavy (non-hydrogen) atoms. The maximum Gasteiger partial charge on any atom is 0.471 e. The van der Waals surface area contributed by atoms with Gasteiger partial charge in [0.1, 0.15) is 17.8 Å². The van der Waals surface area contributed by atoms with E-state index in [9.17, 15) is 23.1 Å². The summed E-state index contributed by atoms with van der Waals surface area (Å²) in [5.74, 6) is -1.61. The van der Waals surface area contributed by atoms with E-state index in [1.165, 1.54) is 18.6 Å². The molecule has 10 nitrogen and oxygen atoms in total. The van der Waals surface area contributed by atoms with Gasteiger partial charge in [-0.2, -0.15) is 18.2 Å². The minimum absolute atomic E-state index is 0.0219. The standard InChI is InChI=1S/C31H27F3N6O4/c32-31(33,34)30-38-27(39-44-30)25(13-19-15-35-23-8-7-21(41)14-22(19)23)37-29(42)17-6-9-26-24(12-17)36-28(18-10-11-43-16-18)40(26)20-4-2-1-3-5-20/h6-12,14-16,20,25,35,41H,1-5,13H2,(H,37,42)/t25-/m0/s1. The number of aromatic amines is 1. The second-order valence-electron chi connectivity index (χ2n) is 11.0. The summed E-state index contributed by atoms with van der Waals surface area (Å²) in [5, 5.41) is 17.0. The van der Waals surface area contributed by atoms with Crippen LogP contribution >= 0.6 is 0 Å². The molecule has 4 heterocycles. The number of nitrogens with zero attached hydrogens (tertiary/aromatic N) is 4. The maximum atomic E-state index is 13.6. The Bertz CT molecular complexity index is 1950. The minimum atomic E-state index is -4.85. The monoisotopic (exact) mass is 604 g/mol. The summed E-state index contributed by atoms with van der Waals surface area (Å²) in [6.45, 7) is 0. The van der Waals surface area contributed by atoms with Crippen LogP contribution in [0.1, 0.15) is 71.8 Å². The van der Waals surface area contributed by atoms with Crippen LogP contribution in [-0.4, -0.2) is 35.7 Å². The fourth-order valence-corrected chi connectivity index (χ4v) is 6.04. The molecule has 6 aromatic rings. The Morgan fingerprint density at radius 2 is 1.95 bits per heavy atom. The van der Waals surface area contributed by atoms with Gasteiger partial charge in [-0.25, -0.2) is 4.98 Å². The Morgan fingerprint density at radius 1 is 1.11 bits per heavy atom. The van der Waals surface area contributed by atoms with Crippen LogP contribution in [0.5, 0.6) is 5.75 Å². The van der Waals surface area contributed by atoms with Gasteiger partial charge in [-0.05, 0) is 60.9 Å². The van der Waals surface area contributed by atoms with E-state index in [1.807, 2.05) is 12.1 Å².